The molecule has 1 N–H and O–H groups in total. The second-order valence-electron chi connectivity index (χ2n) is 4.06. The van der Waals surface area contributed by atoms with Crippen molar-refractivity contribution in [3.8, 4) is 0 Å². The molecule has 0 aliphatic carbocycles. The van der Waals surface area contributed by atoms with Gasteiger partial charge >= 0.3 is 5.97 Å². The number of thiophene rings is 1. The number of aryl methyl sites for hydroxylation is 2. The number of hydrogen-bond donors (Lipinski definition) is 1. The van der Waals surface area contributed by atoms with Crippen LogP contribution in [0.3, 0.4) is 0 Å². The number of H-pyrrole nitrogens is 1. The summed E-state index contributed by atoms with van der Waals surface area (Å²) in [6.45, 7) is 3.53. The van der Waals surface area contributed by atoms with Gasteiger partial charge in [0.1, 0.15) is 5.69 Å². The Morgan fingerprint density at radius 2 is 2.11 bits per heavy atom. The lowest BCUT2D eigenvalue weighted by Crippen LogP contribution is -2.14. The normalized spacial score (nSPS) is 10.5. The third-order valence-electron chi connectivity index (χ3n) is 2.54. The molecule has 0 saturated carbocycles. The summed E-state index contributed by atoms with van der Waals surface area (Å²) in [4.78, 5) is 28.2. The van der Waals surface area contributed by atoms with Crippen LogP contribution < -0.4 is 0 Å². The molecule has 0 amide bonds. The van der Waals surface area contributed by atoms with Crippen LogP contribution in [0.2, 0.25) is 5.02 Å². The Morgan fingerprint density at radius 3 is 2.63 bits per heavy atom. The summed E-state index contributed by atoms with van der Waals surface area (Å²) in [5.41, 5.74) is 0.843. The van der Waals surface area contributed by atoms with Crippen molar-refractivity contribution in [2.75, 3.05) is 6.61 Å². The van der Waals surface area contributed by atoms with E-state index in [0.717, 1.165) is 9.75 Å². The van der Waals surface area contributed by atoms with Crippen LogP contribution in [0.1, 0.15) is 30.6 Å². The van der Waals surface area contributed by atoms with E-state index >= 15 is 0 Å². The van der Waals surface area contributed by atoms with Crippen molar-refractivity contribution in [3.05, 3.63) is 44.4 Å². The first-order valence-corrected chi connectivity index (χ1v) is 6.78. The first-order valence-electron chi connectivity index (χ1n) is 5.58. The Kier molecular flexibility index (Phi) is 4.07. The summed E-state index contributed by atoms with van der Waals surface area (Å²) in [7, 11) is 0. The highest BCUT2D eigenvalue weighted by Crippen LogP contribution is 2.21. The van der Waals surface area contributed by atoms with Crippen molar-refractivity contribution in [3.63, 3.8) is 0 Å². The molecule has 0 spiro atoms. The minimum atomic E-state index is -0.593. The lowest BCUT2D eigenvalue weighted by atomic mass is 10.2. The Labute approximate surface area is 119 Å². The summed E-state index contributed by atoms with van der Waals surface area (Å²) in [5, 5.41) is 0.419. The van der Waals surface area contributed by atoms with Gasteiger partial charge in [0.2, 0.25) is 5.78 Å². The topological polar surface area (TPSA) is 59.2 Å². The number of aromatic nitrogens is 1. The van der Waals surface area contributed by atoms with Crippen molar-refractivity contribution >= 4 is 34.7 Å². The molecule has 4 nitrogen and oxygen atoms in total. The molecular formula is C13H12ClNO3S. The molecule has 0 radical (unpaired) electrons. The zero-order chi connectivity index (χ0) is 14.0. The zero-order valence-corrected chi connectivity index (χ0v) is 12.0. The van der Waals surface area contributed by atoms with E-state index in [1.807, 2.05) is 19.9 Å². The quantitative estimate of drug-likeness (QED) is 0.695. The summed E-state index contributed by atoms with van der Waals surface area (Å²) in [6, 6.07) is 3.26. The number of Topliss-reactive ketones (excluding diaryl/α,β-unsaturated/α-hetero) is 1. The van der Waals surface area contributed by atoms with E-state index in [0.29, 0.717) is 10.6 Å². The number of carbonyl (C=O) groups is 2. The molecular weight excluding hydrogens is 286 g/mol. The van der Waals surface area contributed by atoms with Crippen LogP contribution in [-0.4, -0.2) is 23.3 Å². The van der Waals surface area contributed by atoms with Gasteiger partial charge in [-0.05, 0) is 26.0 Å². The van der Waals surface area contributed by atoms with Gasteiger partial charge in [-0.2, -0.15) is 0 Å². The van der Waals surface area contributed by atoms with Gasteiger partial charge in [-0.25, -0.2) is 4.79 Å². The van der Waals surface area contributed by atoms with Crippen molar-refractivity contribution in [1.82, 2.24) is 4.98 Å². The van der Waals surface area contributed by atoms with E-state index < -0.39 is 5.97 Å². The summed E-state index contributed by atoms with van der Waals surface area (Å²) >= 11 is 7.23. The van der Waals surface area contributed by atoms with Crippen LogP contribution in [0.25, 0.3) is 0 Å². The Balaban J connectivity index is 1.97. The molecule has 0 bridgehead atoms. The lowest BCUT2D eigenvalue weighted by Gasteiger charge is -2.02. The number of nitrogens with one attached hydrogen (secondary N) is 1. The van der Waals surface area contributed by atoms with Gasteiger partial charge in [-0.15, -0.1) is 11.3 Å². The highest BCUT2D eigenvalue weighted by atomic mass is 35.5. The molecule has 0 unspecified atom stereocenters. The number of halogens is 1. The van der Waals surface area contributed by atoms with Gasteiger partial charge in [-0.1, -0.05) is 11.6 Å². The molecule has 0 saturated heterocycles. The van der Waals surface area contributed by atoms with E-state index in [2.05, 4.69) is 4.98 Å². The molecule has 2 rings (SSSR count). The molecule has 2 aromatic rings. The van der Waals surface area contributed by atoms with Gasteiger partial charge in [0, 0.05) is 21.5 Å². The van der Waals surface area contributed by atoms with Crippen LogP contribution in [0.4, 0.5) is 0 Å². The summed E-state index contributed by atoms with van der Waals surface area (Å²) < 4.78 is 4.95. The fourth-order valence-corrected chi connectivity index (χ4v) is 2.79. The first-order chi connectivity index (χ1) is 8.97. The molecule has 0 aliphatic heterocycles. The van der Waals surface area contributed by atoms with Crippen molar-refractivity contribution < 1.29 is 14.3 Å². The second kappa shape index (κ2) is 5.59. The van der Waals surface area contributed by atoms with Crippen LogP contribution in [0, 0.1) is 13.8 Å². The fraction of sp³-hybridized carbons (Fsp3) is 0.231. The number of ether oxygens (including phenoxy) is 1. The number of hydrogen-bond acceptors (Lipinski definition) is 4. The minimum absolute atomic E-state index is 0.201. The Hall–Kier alpha value is -1.59. The highest BCUT2D eigenvalue weighted by molar-refractivity contribution is 7.12. The molecule has 100 valence electrons. The maximum Gasteiger partial charge on any atom is 0.355 e. The largest absolute Gasteiger partial charge is 0.453 e. The number of rotatable bonds is 4. The van der Waals surface area contributed by atoms with E-state index in [9.17, 15) is 9.59 Å². The van der Waals surface area contributed by atoms with Crippen molar-refractivity contribution in [1.29, 1.82) is 0 Å². The molecule has 19 heavy (non-hydrogen) atoms. The molecule has 2 aromatic heterocycles. The highest BCUT2D eigenvalue weighted by Gasteiger charge is 2.16. The monoisotopic (exact) mass is 297 g/mol. The minimum Gasteiger partial charge on any atom is -0.453 e. The van der Waals surface area contributed by atoms with Crippen LogP contribution in [-0.2, 0) is 4.74 Å². The maximum absolute atomic E-state index is 11.9. The first kappa shape index (κ1) is 13.8. The molecule has 0 aromatic carbocycles. The predicted octanol–water partition coefficient (Wildman–Crippen LogP) is 3.39. The third-order valence-corrected chi connectivity index (χ3v) is 3.73. The van der Waals surface area contributed by atoms with E-state index in [1.165, 1.54) is 12.3 Å². The Morgan fingerprint density at radius 1 is 1.37 bits per heavy atom. The second-order valence-corrected chi connectivity index (χ2v) is 5.95. The number of ketones is 1. The van der Waals surface area contributed by atoms with Gasteiger partial charge in [0.15, 0.2) is 6.61 Å². The standard InChI is InChI=1S/C13H12ClNO3S/c1-7-3-10(8(2)19-7)12(16)6-18-13(17)11-4-9(14)5-15-11/h3-5,15H,6H2,1-2H3. The number of aromatic amines is 1. The van der Waals surface area contributed by atoms with Gasteiger partial charge in [0.25, 0.3) is 0 Å². The summed E-state index contributed by atoms with van der Waals surface area (Å²) in [5.74, 6) is -0.794. The smallest absolute Gasteiger partial charge is 0.355 e. The average Bonchev–Trinajstić information content (AvgIpc) is 2.92. The SMILES string of the molecule is Cc1cc(C(=O)COC(=O)c2cc(Cl)c[nH]2)c(C)s1. The van der Waals surface area contributed by atoms with Gasteiger partial charge in [0.05, 0.1) is 5.02 Å². The molecule has 0 aliphatic rings. The third kappa shape index (κ3) is 3.24. The van der Waals surface area contributed by atoms with Gasteiger partial charge in [-0.3, -0.25) is 4.79 Å². The van der Waals surface area contributed by atoms with E-state index in [1.54, 1.807) is 11.3 Å². The van der Waals surface area contributed by atoms with Crippen LogP contribution in [0.15, 0.2) is 18.3 Å². The number of esters is 1. The van der Waals surface area contributed by atoms with Crippen molar-refractivity contribution in [2.45, 2.75) is 13.8 Å². The van der Waals surface area contributed by atoms with E-state index in [-0.39, 0.29) is 18.1 Å². The predicted molar refractivity (Wildman–Crippen MR) is 74.2 cm³/mol. The molecule has 6 heteroatoms. The Bertz CT molecular complexity index is 630. The van der Waals surface area contributed by atoms with Crippen LogP contribution in [0.5, 0.6) is 0 Å². The average molecular weight is 298 g/mol. The number of carbonyl (C=O) groups excluding carboxylic acids is 2. The maximum atomic E-state index is 11.9. The molecule has 0 fully saturated rings. The lowest BCUT2D eigenvalue weighted by molar-refractivity contribution is 0.0469. The van der Waals surface area contributed by atoms with Crippen molar-refractivity contribution in [2.24, 2.45) is 0 Å². The fourth-order valence-electron chi connectivity index (χ4n) is 1.68. The van der Waals surface area contributed by atoms with E-state index in [4.69, 9.17) is 16.3 Å². The molecule has 0 atom stereocenters. The van der Waals surface area contributed by atoms with Crippen LogP contribution >= 0.6 is 22.9 Å². The summed E-state index contributed by atoms with van der Waals surface area (Å²) in [6.07, 6.45) is 1.48. The molecule has 2 heterocycles. The zero-order valence-electron chi connectivity index (χ0n) is 10.5. The van der Waals surface area contributed by atoms with Gasteiger partial charge < -0.3 is 9.72 Å².